The van der Waals surface area contributed by atoms with Crippen molar-refractivity contribution in [2.45, 2.75) is 32.2 Å². The molecule has 2 heterocycles. The van der Waals surface area contributed by atoms with Crippen molar-refractivity contribution < 1.29 is 13.6 Å². The minimum atomic E-state index is -0.310. The van der Waals surface area contributed by atoms with Crippen molar-refractivity contribution in [3.8, 4) is 0 Å². The monoisotopic (exact) mass is 288 g/mol. The quantitative estimate of drug-likeness (QED) is 0.898. The average Bonchev–Trinajstić information content (AvgIpc) is 2.99. The summed E-state index contributed by atoms with van der Waals surface area (Å²) in [6.07, 6.45) is 3.34. The maximum absolute atomic E-state index is 14.2. The van der Waals surface area contributed by atoms with Crippen molar-refractivity contribution in [2.24, 2.45) is 0 Å². The number of carbonyl (C=O) groups is 1. The topological polar surface area (TPSA) is 54.3 Å². The summed E-state index contributed by atoms with van der Waals surface area (Å²) in [5.41, 5.74) is 1.90. The Hall–Kier alpha value is -2.30. The Kier molecular flexibility index (Phi) is 3.64. The van der Waals surface area contributed by atoms with Crippen LogP contribution in [-0.4, -0.2) is 5.91 Å². The molecule has 5 heteroatoms. The van der Waals surface area contributed by atoms with Crippen LogP contribution in [0.5, 0.6) is 0 Å². The fraction of sp³-hybridized carbons (Fsp3) is 0.312. The number of hydrogen-bond donors (Lipinski definition) is 2. The van der Waals surface area contributed by atoms with Gasteiger partial charge in [0.05, 0.1) is 18.0 Å². The zero-order valence-corrected chi connectivity index (χ0v) is 11.8. The Bertz CT molecular complexity index is 653. The molecule has 4 nitrogen and oxygen atoms in total. The summed E-state index contributed by atoms with van der Waals surface area (Å²) in [4.78, 5) is 11.4. The summed E-state index contributed by atoms with van der Waals surface area (Å²) in [5, 5.41) is 5.93. The van der Waals surface area contributed by atoms with E-state index in [0.29, 0.717) is 24.2 Å². The van der Waals surface area contributed by atoms with Crippen LogP contribution in [0.25, 0.3) is 0 Å². The van der Waals surface area contributed by atoms with Crippen LogP contribution in [0.1, 0.15) is 37.1 Å². The van der Waals surface area contributed by atoms with Crippen LogP contribution < -0.4 is 10.6 Å². The third kappa shape index (κ3) is 2.77. The van der Waals surface area contributed by atoms with E-state index in [4.69, 9.17) is 4.42 Å². The molecule has 0 bridgehead atoms. The number of hydrogen-bond acceptors (Lipinski definition) is 3. The Morgan fingerprint density at radius 3 is 3.00 bits per heavy atom. The van der Waals surface area contributed by atoms with Gasteiger partial charge in [0.15, 0.2) is 0 Å². The van der Waals surface area contributed by atoms with Crippen LogP contribution in [0.2, 0.25) is 0 Å². The smallest absolute Gasteiger partial charge is 0.224 e. The van der Waals surface area contributed by atoms with Gasteiger partial charge in [0.1, 0.15) is 11.6 Å². The molecular weight excluding hydrogens is 271 g/mol. The van der Waals surface area contributed by atoms with E-state index in [9.17, 15) is 9.18 Å². The van der Waals surface area contributed by atoms with Crippen molar-refractivity contribution >= 4 is 17.3 Å². The lowest BCUT2D eigenvalue weighted by Crippen LogP contribution is -2.20. The summed E-state index contributed by atoms with van der Waals surface area (Å²) in [7, 11) is 0. The highest BCUT2D eigenvalue weighted by molar-refractivity contribution is 5.94. The summed E-state index contributed by atoms with van der Waals surface area (Å²) < 4.78 is 19.6. The number of halogens is 1. The summed E-state index contributed by atoms with van der Waals surface area (Å²) >= 11 is 0. The highest BCUT2D eigenvalue weighted by Gasteiger charge is 2.19. The van der Waals surface area contributed by atoms with Crippen molar-refractivity contribution in [3.63, 3.8) is 0 Å². The first-order chi connectivity index (χ1) is 10.2. The number of nitrogens with one attached hydrogen (secondary N) is 2. The third-order valence-electron chi connectivity index (χ3n) is 3.71. The predicted molar refractivity (Wildman–Crippen MR) is 78.7 cm³/mol. The largest absolute Gasteiger partial charge is 0.467 e. The fourth-order valence-corrected chi connectivity index (χ4v) is 2.56. The summed E-state index contributed by atoms with van der Waals surface area (Å²) in [6, 6.07) is 6.72. The highest BCUT2D eigenvalue weighted by Crippen LogP contribution is 2.31. The molecule has 110 valence electrons. The van der Waals surface area contributed by atoms with E-state index >= 15 is 0 Å². The second-order valence-corrected chi connectivity index (χ2v) is 5.16. The van der Waals surface area contributed by atoms with Crippen molar-refractivity contribution in [2.75, 3.05) is 10.6 Å². The third-order valence-corrected chi connectivity index (χ3v) is 3.71. The number of amides is 1. The van der Waals surface area contributed by atoms with E-state index in [-0.39, 0.29) is 17.8 Å². The minimum absolute atomic E-state index is 0.0295. The average molecular weight is 288 g/mol. The minimum Gasteiger partial charge on any atom is -0.467 e. The molecule has 1 unspecified atom stereocenters. The standard InChI is InChI=1S/C16H17FN2O2/c1-2-12(15-4-3-7-21-15)18-14-9-13-10(8-11(14)17)5-6-16(20)19-13/h3-4,7-9,12,18H,2,5-6H2,1H3,(H,19,20). The molecule has 2 N–H and O–H groups in total. The second-order valence-electron chi connectivity index (χ2n) is 5.16. The lowest BCUT2D eigenvalue weighted by atomic mass is 10.0. The van der Waals surface area contributed by atoms with Gasteiger partial charge in [0, 0.05) is 12.1 Å². The molecular formula is C16H17FN2O2. The molecule has 3 rings (SSSR count). The number of rotatable bonds is 4. The SMILES string of the molecule is CCC(Nc1cc2c(cc1F)CCC(=O)N2)c1ccco1. The first-order valence-corrected chi connectivity index (χ1v) is 7.09. The van der Waals surface area contributed by atoms with E-state index in [1.54, 1.807) is 12.3 Å². The maximum Gasteiger partial charge on any atom is 0.224 e. The van der Waals surface area contributed by atoms with Gasteiger partial charge in [0.2, 0.25) is 5.91 Å². The molecule has 1 aromatic carbocycles. The Morgan fingerprint density at radius 2 is 2.29 bits per heavy atom. The lowest BCUT2D eigenvalue weighted by Gasteiger charge is -2.21. The van der Waals surface area contributed by atoms with E-state index in [1.165, 1.54) is 6.07 Å². The van der Waals surface area contributed by atoms with Crippen LogP contribution in [0, 0.1) is 5.82 Å². The Labute approximate surface area is 122 Å². The number of aryl methyl sites for hydroxylation is 1. The number of fused-ring (bicyclic) bond motifs is 1. The molecule has 1 aliphatic rings. The van der Waals surface area contributed by atoms with Crippen LogP contribution in [0.15, 0.2) is 34.9 Å². The van der Waals surface area contributed by atoms with Gasteiger partial charge in [-0.05, 0) is 42.7 Å². The predicted octanol–water partition coefficient (Wildman–Crippen LogP) is 3.87. The van der Waals surface area contributed by atoms with Gasteiger partial charge >= 0.3 is 0 Å². The molecule has 1 amide bonds. The molecule has 0 aliphatic carbocycles. The van der Waals surface area contributed by atoms with Gasteiger partial charge in [-0.2, -0.15) is 0 Å². The second kappa shape index (κ2) is 5.60. The Morgan fingerprint density at radius 1 is 1.43 bits per heavy atom. The lowest BCUT2D eigenvalue weighted by molar-refractivity contribution is -0.116. The Balaban J connectivity index is 1.88. The zero-order valence-electron chi connectivity index (χ0n) is 11.8. The number of carbonyl (C=O) groups excluding carboxylic acids is 1. The molecule has 0 saturated carbocycles. The summed E-state index contributed by atoms with van der Waals surface area (Å²) in [5.74, 6) is 0.423. The first-order valence-electron chi connectivity index (χ1n) is 7.09. The molecule has 0 fully saturated rings. The van der Waals surface area contributed by atoms with Crippen molar-refractivity contribution in [3.05, 3.63) is 47.7 Å². The zero-order chi connectivity index (χ0) is 14.8. The normalized spacial score (nSPS) is 15.2. The van der Waals surface area contributed by atoms with E-state index in [1.807, 2.05) is 19.1 Å². The number of furan rings is 1. The van der Waals surface area contributed by atoms with E-state index in [0.717, 1.165) is 17.7 Å². The van der Waals surface area contributed by atoms with Gasteiger partial charge in [-0.15, -0.1) is 0 Å². The molecule has 1 aromatic heterocycles. The van der Waals surface area contributed by atoms with Gasteiger partial charge < -0.3 is 15.1 Å². The number of anilines is 2. The maximum atomic E-state index is 14.2. The fourth-order valence-electron chi connectivity index (χ4n) is 2.56. The van der Waals surface area contributed by atoms with Crippen LogP contribution in [0.4, 0.5) is 15.8 Å². The number of benzene rings is 1. The first kappa shape index (κ1) is 13.7. The molecule has 1 atom stereocenters. The van der Waals surface area contributed by atoms with Crippen molar-refractivity contribution in [1.82, 2.24) is 0 Å². The van der Waals surface area contributed by atoms with Crippen molar-refractivity contribution in [1.29, 1.82) is 0 Å². The van der Waals surface area contributed by atoms with Crippen LogP contribution in [-0.2, 0) is 11.2 Å². The van der Waals surface area contributed by atoms with Crippen LogP contribution >= 0.6 is 0 Å². The van der Waals surface area contributed by atoms with Gasteiger partial charge in [-0.1, -0.05) is 6.92 Å². The summed E-state index contributed by atoms with van der Waals surface area (Å²) in [6.45, 7) is 2.00. The molecule has 2 aromatic rings. The van der Waals surface area contributed by atoms with E-state index < -0.39 is 0 Å². The van der Waals surface area contributed by atoms with Gasteiger partial charge in [-0.3, -0.25) is 4.79 Å². The molecule has 0 radical (unpaired) electrons. The molecule has 0 spiro atoms. The van der Waals surface area contributed by atoms with E-state index in [2.05, 4.69) is 10.6 Å². The van der Waals surface area contributed by atoms with Gasteiger partial charge in [-0.25, -0.2) is 4.39 Å². The molecule has 0 saturated heterocycles. The van der Waals surface area contributed by atoms with Crippen LogP contribution in [0.3, 0.4) is 0 Å². The molecule has 21 heavy (non-hydrogen) atoms. The highest BCUT2D eigenvalue weighted by atomic mass is 19.1. The molecule has 1 aliphatic heterocycles. The van der Waals surface area contributed by atoms with Gasteiger partial charge in [0.25, 0.3) is 0 Å².